The Morgan fingerprint density at radius 3 is 2.70 bits per heavy atom. The number of anilines is 1. The minimum absolute atomic E-state index is 0.221. The van der Waals surface area contributed by atoms with E-state index >= 15 is 0 Å². The predicted molar refractivity (Wildman–Crippen MR) is 104 cm³/mol. The molecular formula is C19H18N6OS. The standard InChI is InChI=1S/C19H18N6OS/c1-12(2)17-22-18(26-25-17)14-8-9-20-15(10-14)21-11-16-23-24-19(27-16)13-6-4-3-5-7-13/h3-10,12H,11H2,1-2H3,(H,20,21). The zero-order valence-electron chi connectivity index (χ0n) is 15.0. The Morgan fingerprint density at radius 2 is 1.93 bits per heavy atom. The van der Waals surface area contributed by atoms with Gasteiger partial charge in [0.25, 0.3) is 5.89 Å². The Balaban J connectivity index is 1.45. The zero-order chi connectivity index (χ0) is 18.6. The van der Waals surface area contributed by atoms with Gasteiger partial charge in [-0.2, -0.15) is 4.98 Å². The third-order valence-corrected chi connectivity index (χ3v) is 4.85. The molecule has 0 unspecified atom stereocenters. The molecule has 3 heterocycles. The SMILES string of the molecule is CC(C)c1noc(-c2ccnc(NCc3nnc(-c4ccccc4)s3)c2)n1. The Hall–Kier alpha value is -3.13. The molecule has 0 bridgehead atoms. The third-order valence-electron chi connectivity index (χ3n) is 3.87. The molecule has 0 spiro atoms. The van der Waals surface area contributed by atoms with Gasteiger partial charge in [0.15, 0.2) is 5.82 Å². The van der Waals surface area contributed by atoms with Crippen LogP contribution in [0.3, 0.4) is 0 Å². The zero-order valence-corrected chi connectivity index (χ0v) is 15.8. The fraction of sp³-hybridized carbons (Fsp3) is 0.211. The van der Waals surface area contributed by atoms with Crippen LogP contribution in [0, 0.1) is 0 Å². The van der Waals surface area contributed by atoms with E-state index in [-0.39, 0.29) is 5.92 Å². The highest BCUT2D eigenvalue weighted by Gasteiger charge is 2.12. The molecule has 27 heavy (non-hydrogen) atoms. The molecule has 0 amide bonds. The molecule has 4 rings (SSSR count). The van der Waals surface area contributed by atoms with Crippen LogP contribution in [0.5, 0.6) is 0 Å². The quantitative estimate of drug-likeness (QED) is 0.532. The Bertz CT molecular complexity index is 1030. The highest BCUT2D eigenvalue weighted by molar-refractivity contribution is 7.14. The van der Waals surface area contributed by atoms with Crippen molar-refractivity contribution in [2.45, 2.75) is 26.3 Å². The number of pyridine rings is 1. The second-order valence-corrected chi connectivity index (χ2v) is 7.32. The van der Waals surface area contributed by atoms with E-state index < -0.39 is 0 Å². The molecule has 8 heteroatoms. The summed E-state index contributed by atoms with van der Waals surface area (Å²) in [7, 11) is 0. The molecule has 136 valence electrons. The van der Waals surface area contributed by atoms with E-state index in [2.05, 4.69) is 30.6 Å². The number of nitrogens with zero attached hydrogens (tertiary/aromatic N) is 5. The fourth-order valence-corrected chi connectivity index (χ4v) is 3.22. The number of nitrogens with one attached hydrogen (secondary N) is 1. The van der Waals surface area contributed by atoms with Crippen LogP contribution in [0.25, 0.3) is 22.0 Å². The van der Waals surface area contributed by atoms with Gasteiger partial charge in [-0.1, -0.05) is 60.7 Å². The lowest BCUT2D eigenvalue weighted by atomic mass is 10.2. The average molecular weight is 378 g/mol. The van der Waals surface area contributed by atoms with E-state index in [4.69, 9.17) is 4.52 Å². The van der Waals surface area contributed by atoms with Gasteiger partial charge in [0.2, 0.25) is 0 Å². The van der Waals surface area contributed by atoms with E-state index in [1.807, 2.05) is 56.3 Å². The molecule has 0 saturated carbocycles. The van der Waals surface area contributed by atoms with Crippen LogP contribution in [-0.4, -0.2) is 25.3 Å². The van der Waals surface area contributed by atoms with Crippen LogP contribution < -0.4 is 5.32 Å². The van der Waals surface area contributed by atoms with Crippen LogP contribution >= 0.6 is 11.3 Å². The Morgan fingerprint density at radius 1 is 1.07 bits per heavy atom. The van der Waals surface area contributed by atoms with Gasteiger partial charge in [-0.15, -0.1) is 10.2 Å². The van der Waals surface area contributed by atoms with Gasteiger partial charge >= 0.3 is 0 Å². The minimum Gasteiger partial charge on any atom is -0.363 e. The first-order valence-electron chi connectivity index (χ1n) is 8.61. The molecule has 0 aliphatic rings. The minimum atomic E-state index is 0.221. The highest BCUT2D eigenvalue weighted by atomic mass is 32.1. The molecule has 0 fully saturated rings. The lowest BCUT2D eigenvalue weighted by Crippen LogP contribution is -2.01. The fourth-order valence-electron chi connectivity index (χ4n) is 2.44. The summed E-state index contributed by atoms with van der Waals surface area (Å²) in [6, 6.07) is 13.8. The van der Waals surface area contributed by atoms with Crippen molar-refractivity contribution in [2.24, 2.45) is 0 Å². The topological polar surface area (TPSA) is 89.6 Å². The van der Waals surface area contributed by atoms with Crippen molar-refractivity contribution in [3.05, 3.63) is 59.5 Å². The summed E-state index contributed by atoms with van der Waals surface area (Å²) >= 11 is 1.56. The molecule has 7 nitrogen and oxygen atoms in total. The summed E-state index contributed by atoms with van der Waals surface area (Å²) in [5.74, 6) is 2.12. The highest BCUT2D eigenvalue weighted by Crippen LogP contribution is 2.24. The van der Waals surface area contributed by atoms with E-state index in [0.29, 0.717) is 24.1 Å². The van der Waals surface area contributed by atoms with Crippen LogP contribution in [0.1, 0.15) is 30.6 Å². The maximum absolute atomic E-state index is 5.35. The van der Waals surface area contributed by atoms with E-state index in [9.17, 15) is 0 Å². The summed E-state index contributed by atoms with van der Waals surface area (Å²) in [4.78, 5) is 8.77. The van der Waals surface area contributed by atoms with E-state index in [1.165, 1.54) is 0 Å². The number of hydrogen-bond donors (Lipinski definition) is 1. The van der Waals surface area contributed by atoms with Crippen LogP contribution in [0.2, 0.25) is 0 Å². The average Bonchev–Trinajstić information content (AvgIpc) is 3.37. The van der Waals surface area contributed by atoms with Gasteiger partial charge in [-0.25, -0.2) is 4.98 Å². The molecular weight excluding hydrogens is 360 g/mol. The van der Waals surface area contributed by atoms with Gasteiger partial charge in [0.05, 0.1) is 6.54 Å². The number of aromatic nitrogens is 5. The summed E-state index contributed by atoms with van der Waals surface area (Å²) in [6.45, 7) is 4.60. The predicted octanol–water partition coefficient (Wildman–Crippen LogP) is 4.39. The molecule has 0 atom stereocenters. The number of rotatable bonds is 6. The van der Waals surface area contributed by atoms with Crippen LogP contribution in [-0.2, 0) is 6.54 Å². The number of hydrogen-bond acceptors (Lipinski definition) is 8. The van der Waals surface area contributed by atoms with Gasteiger partial charge in [0, 0.05) is 23.2 Å². The second-order valence-electron chi connectivity index (χ2n) is 6.26. The lowest BCUT2D eigenvalue weighted by molar-refractivity contribution is 0.419. The molecule has 1 N–H and O–H groups in total. The van der Waals surface area contributed by atoms with Gasteiger partial charge in [-0.05, 0) is 12.1 Å². The maximum atomic E-state index is 5.35. The van der Waals surface area contributed by atoms with Crippen molar-refractivity contribution in [2.75, 3.05) is 5.32 Å². The molecule has 0 aliphatic carbocycles. The smallest absolute Gasteiger partial charge is 0.258 e. The lowest BCUT2D eigenvalue weighted by Gasteiger charge is -2.03. The maximum Gasteiger partial charge on any atom is 0.258 e. The largest absolute Gasteiger partial charge is 0.363 e. The van der Waals surface area contributed by atoms with Crippen LogP contribution in [0.4, 0.5) is 5.82 Å². The summed E-state index contributed by atoms with van der Waals surface area (Å²) in [5, 5.41) is 17.6. The van der Waals surface area contributed by atoms with Crippen molar-refractivity contribution in [3.63, 3.8) is 0 Å². The Labute approximate surface area is 160 Å². The molecule has 4 aromatic rings. The molecule has 1 aromatic carbocycles. The van der Waals surface area contributed by atoms with Crippen molar-refractivity contribution in [3.8, 4) is 22.0 Å². The van der Waals surface area contributed by atoms with Gasteiger partial charge in [0.1, 0.15) is 15.8 Å². The third kappa shape index (κ3) is 4.01. The first-order valence-corrected chi connectivity index (χ1v) is 9.42. The van der Waals surface area contributed by atoms with Crippen molar-refractivity contribution in [1.82, 2.24) is 25.3 Å². The monoisotopic (exact) mass is 378 g/mol. The molecule has 0 saturated heterocycles. The first-order chi connectivity index (χ1) is 13.2. The van der Waals surface area contributed by atoms with Crippen molar-refractivity contribution < 1.29 is 4.52 Å². The van der Waals surface area contributed by atoms with Crippen LogP contribution in [0.15, 0.2) is 53.2 Å². The van der Waals surface area contributed by atoms with Gasteiger partial charge in [-0.3, -0.25) is 0 Å². The molecule has 0 radical (unpaired) electrons. The van der Waals surface area contributed by atoms with Crippen molar-refractivity contribution in [1.29, 1.82) is 0 Å². The first kappa shape index (κ1) is 17.3. The Kier molecular flexibility index (Phi) is 4.88. The van der Waals surface area contributed by atoms with E-state index in [0.717, 1.165) is 21.1 Å². The summed E-state index contributed by atoms with van der Waals surface area (Å²) in [5.41, 5.74) is 1.90. The van der Waals surface area contributed by atoms with E-state index in [1.54, 1.807) is 17.5 Å². The van der Waals surface area contributed by atoms with Gasteiger partial charge < -0.3 is 9.84 Å². The molecule has 3 aromatic heterocycles. The van der Waals surface area contributed by atoms with Crippen molar-refractivity contribution >= 4 is 17.2 Å². The molecule has 0 aliphatic heterocycles. The summed E-state index contributed by atoms with van der Waals surface area (Å²) in [6.07, 6.45) is 1.71. The second kappa shape index (κ2) is 7.63. The summed E-state index contributed by atoms with van der Waals surface area (Å²) < 4.78 is 5.35. The normalized spacial score (nSPS) is 11.1. The number of benzene rings is 1.